The number of rotatable bonds is 7. The number of amides is 1. The van der Waals surface area contributed by atoms with Gasteiger partial charge in [0, 0.05) is 11.9 Å². The van der Waals surface area contributed by atoms with E-state index in [0.717, 1.165) is 16.5 Å². The van der Waals surface area contributed by atoms with Crippen molar-refractivity contribution in [3.8, 4) is 0 Å². The van der Waals surface area contributed by atoms with Crippen LogP contribution in [-0.2, 0) is 16.0 Å². The quantitative estimate of drug-likeness (QED) is 0.618. The van der Waals surface area contributed by atoms with Crippen LogP contribution >= 0.6 is 15.9 Å². The topological polar surface area (TPSA) is 38.3 Å². The summed E-state index contributed by atoms with van der Waals surface area (Å²) < 4.78 is 5.25. The van der Waals surface area contributed by atoms with Gasteiger partial charge in [-0.05, 0) is 18.1 Å². The Morgan fingerprint density at radius 3 is 2.82 bits per heavy atom. The van der Waals surface area contributed by atoms with Crippen LogP contribution in [0.5, 0.6) is 0 Å². The Morgan fingerprint density at radius 1 is 1.35 bits per heavy atom. The third-order valence-electron chi connectivity index (χ3n) is 2.40. The minimum atomic E-state index is 0.0433. The van der Waals surface area contributed by atoms with E-state index >= 15 is 0 Å². The molecule has 1 N–H and O–H groups in total. The number of hydrogen-bond acceptors (Lipinski definition) is 2. The molecule has 0 aromatic heterocycles. The minimum Gasteiger partial charge on any atom is -0.379 e. The van der Waals surface area contributed by atoms with Crippen molar-refractivity contribution in [2.45, 2.75) is 13.3 Å². The molecule has 17 heavy (non-hydrogen) atoms. The van der Waals surface area contributed by atoms with Gasteiger partial charge in [0.25, 0.3) is 0 Å². The Labute approximate surface area is 111 Å². The number of alkyl halides is 1. The van der Waals surface area contributed by atoms with Crippen LogP contribution in [0, 0.1) is 6.92 Å². The fourth-order valence-electron chi connectivity index (χ4n) is 1.46. The molecule has 0 fully saturated rings. The number of hydrogen-bond donors (Lipinski definition) is 1. The van der Waals surface area contributed by atoms with Crippen molar-refractivity contribution in [3.05, 3.63) is 35.4 Å². The van der Waals surface area contributed by atoms with Gasteiger partial charge in [0.15, 0.2) is 0 Å². The molecule has 0 aliphatic rings. The average Bonchev–Trinajstić information content (AvgIpc) is 2.32. The van der Waals surface area contributed by atoms with E-state index in [1.807, 2.05) is 31.2 Å². The smallest absolute Gasteiger partial charge is 0.224 e. The van der Waals surface area contributed by atoms with Crippen LogP contribution in [-0.4, -0.2) is 31.0 Å². The summed E-state index contributed by atoms with van der Waals surface area (Å²) in [5.41, 5.74) is 2.23. The SMILES string of the molecule is Cc1ccccc1CC(=O)NCCOCCBr. The predicted octanol–water partition coefficient (Wildman–Crippen LogP) is 2.07. The molecule has 0 saturated carbocycles. The normalized spacial score (nSPS) is 10.2. The average molecular weight is 300 g/mol. The number of aryl methyl sites for hydroxylation is 1. The van der Waals surface area contributed by atoms with E-state index in [2.05, 4.69) is 21.2 Å². The molecule has 3 nitrogen and oxygen atoms in total. The summed E-state index contributed by atoms with van der Waals surface area (Å²) >= 11 is 3.27. The fraction of sp³-hybridized carbons (Fsp3) is 0.462. The molecule has 1 rings (SSSR count). The molecule has 0 saturated heterocycles. The summed E-state index contributed by atoms with van der Waals surface area (Å²) in [5, 5.41) is 3.66. The molecule has 1 amide bonds. The first-order valence-electron chi connectivity index (χ1n) is 5.69. The monoisotopic (exact) mass is 299 g/mol. The summed E-state index contributed by atoms with van der Waals surface area (Å²) in [6.07, 6.45) is 0.436. The second kappa shape index (κ2) is 8.25. The van der Waals surface area contributed by atoms with Crippen LogP contribution in [0.25, 0.3) is 0 Å². The van der Waals surface area contributed by atoms with Gasteiger partial charge in [0.1, 0.15) is 0 Å². The van der Waals surface area contributed by atoms with Gasteiger partial charge in [-0.15, -0.1) is 0 Å². The number of carbonyl (C=O) groups excluding carboxylic acids is 1. The molecule has 1 aromatic rings. The largest absolute Gasteiger partial charge is 0.379 e. The first-order valence-corrected chi connectivity index (χ1v) is 6.81. The molecule has 0 unspecified atom stereocenters. The van der Waals surface area contributed by atoms with Crippen LogP contribution in [0.1, 0.15) is 11.1 Å². The van der Waals surface area contributed by atoms with Gasteiger partial charge < -0.3 is 10.1 Å². The van der Waals surface area contributed by atoms with Crippen LogP contribution in [0.15, 0.2) is 24.3 Å². The van der Waals surface area contributed by atoms with E-state index in [0.29, 0.717) is 26.2 Å². The van der Waals surface area contributed by atoms with Crippen molar-refractivity contribution in [2.75, 3.05) is 25.1 Å². The van der Waals surface area contributed by atoms with Gasteiger partial charge in [-0.25, -0.2) is 0 Å². The van der Waals surface area contributed by atoms with Gasteiger partial charge >= 0.3 is 0 Å². The van der Waals surface area contributed by atoms with Crippen molar-refractivity contribution in [1.29, 1.82) is 0 Å². The lowest BCUT2D eigenvalue weighted by Gasteiger charge is -2.07. The molecule has 0 spiro atoms. The van der Waals surface area contributed by atoms with E-state index in [-0.39, 0.29) is 5.91 Å². The Bertz CT molecular complexity index is 355. The summed E-state index contributed by atoms with van der Waals surface area (Å²) in [6.45, 7) is 3.82. The van der Waals surface area contributed by atoms with Gasteiger partial charge in [-0.2, -0.15) is 0 Å². The number of ether oxygens (including phenoxy) is 1. The molecule has 0 atom stereocenters. The van der Waals surface area contributed by atoms with Crippen molar-refractivity contribution >= 4 is 21.8 Å². The molecular weight excluding hydrogens is 282 g/mol. The molecule has 0 aliphatic heterocycles. The van der Waals surface area contributed by atoms with Gasteiger partial charge in [-0.1, -0.05) is 40.2 Å². The summed E-state index contributed by atoms with van der Waals surface area (Å²) in [7, 11) is 0. The zero-order valence-corrected chi connectivity index (χ0v) is 11.6. The summed E-state index contributed by atoms with van der Waals surface area (Å²) in [5.74, 6) is 0.0433. The van der Waals surface area contributed by atoms with Crippen LogP contribution in [0.4, 0.5) is 0 Å². The van der Waals surface area contributed by atoms with Crippen molar-refractivity contribution in [3.63, 3.8) is 0 Å². The lowest BCUT2D eigenvalue weighted by atomic mass is 10.1. The minimum absolute atomic E-state index is 0.0433. The number of halogens is 1. The van der Waals surface area contributed by atoms with E-state index in [1.54, 1.807) is 0 Å². The van der Waals surface area contributed by atoms with E-state index in [1.165, 1.54) is 0 Å². The molecular formula is C13H18BrNO2. The number of nitrogens with one attached hydrogen (secondary N) is 1. The third-order valence-corrected chi connectivity index (χ3v) is 2.73. The maximum absolute atomic E-state index is 11.6. The van der Waals surface area contributed by atoms with Crippen molar-refractivity contribution in [2.24, 2.45) is 0 Å². The van der Waals surface area contributed by atoms with Crippen LogP contribution < -0.4 is 5.32 Å². The van der Waals surface area contributed by atoms with E-state index < -0.39 is 0 Å². The van der Waals surface area contributed by atoms with Crippen molar-refractivity contribution < 1.29 is 9.53 Å². The van der Waals surface area contributed by atoms with E-state index in [4.69, 9.17) is 4.74 Å². The molecule has 0 bridgehead atoms. The zero-order valence-electron chi connectivity index (χ0n) is 10.0. The molecule has 4 heteroatoms. The molecule has 94 valence electrons. The molecule has 1 aromatic carbocycles. The maximum Gasteiger partial charge on any atom is 0.224 e. The maximum atomic E-state index is 11.6. The van der Waals surface area contributed by atoms with Crippen molar-refractivity contribution in [1.82, 2.24) is 5.32 Å². The van der Waals surface area contributed by atoms with Gasteiger partial charge in [0.05, 0.1) is 19.6 Å². The Hall–Kier alpha value is -0.870. The predicted molar refractivity (Wildman–Crippen MR) is 72.5 cm³/mol. The molecule has 0 radical (unpaired) electrons. The Balaban J connectivity index is 2.23. The van der Waals surface area contributed by atoms with Gasteiger partial charge in [-0.3, -0.25) is 4.79 Å². The fourth-order valence-corrected chi connectivity index (χ4v) is 1.69. The Morgan fingerprint density at radius 2 is 2.12 bits per heavy atom. The highest BCUT2D eigenvalue weighted by molar-refractivity contribution is 9.09. The zero-order chi connectivity index (χ0) is 12.5. The highest BCUT2D eigenvalue weighted by atomic mass is 79.9. The third kappa shape index (κ3) is 5.84. The first-order chi connectivity index (χ1) is 8.24. The van der Waals surface area contributed by atoms with E-state index in [9.17, 15) is 4.79 Å². The highest BCUT2D eigenvalue weighted by Gasteiger charge is 2.04. The molecule has 0 aliphatic carbocycles. The second-order valence-electron chi connectivity index (χ2n) is 3.75. The molecule has 0 heterocycles. The lowest BCUT2D eigenvalue weighted by molar-refractivity contribution is -0.120. The van der Waals surface area contributed by atoms with Gasteiger partial charge in [0.2, 0.25) is 5.91 Å². The first kappa shape index (κ1) is 14.2. The van der Waals surface area contributed by atoms with Crippen LogP contribution in [0.2, 0.25) is 0 Å². The standard InChI is InChI=1S/C13H18BrNO2/c1-11-4-2-3-5-12(11)10-13(16)15-7-9-17-8-6-14/h2-5H,6-10H2,1H3,(H,15,16). The van der Waals surface area contributed by atoms with Crippen LogP contribution in [0.3, 0.4) is 0 Å². The Kier molecular flexibility index (Phi) is 6.89. The second-order valence-corrected chi connectivity index (χ2v) is 4.55. The summed E-state index contributed by atoms with van der Waals surface area (Å²) in [4.78, 5) is 11.6. The number of benzene rings is 1. The highest BCUT2D eigenvalue weighted by Crippen LogP contribution is 2.07. The summed E-state index contributed by atoms with van der Waals surface area (Å²) in [6, 6.07) is 7.93. The number of carbonyl (C=O) groups is 1. The lowest BCUT2D eigenvalue weighted by Crippen LogP contribution is -2.29.